The van der Waals surface area contributed by atoms with Gasteiger partial charge >= 0.3 is 0 Å². The lowest BCUT2D eigenvalue weighted by Gasteiger charge is -2.43. The topological polar surface area (TPSA) is 78.7 Å². The fraction of sp³-hybridized carbons (Fsp3) is 0.364. The second kappa shape index (κ2) is 11.4. The summed E-state index contributed by atoms with van der Waals surface area (Å²) in [6.07, 6.45) is 3.19. The first-order chi connectivity index (χ1) is 19.5. The Bertz CT molecular complexity index is 1510. The Kier molecular flexibility index (Phi) is 7.50. The van der Waals surface area contributed by atoms with Gasteiger partial charge in [0.1, 0.15) is 0 Å². The molecular formula is C33H36N4O3. The van der Waals surface area contributed by atoms with Crippen LogP contribution in [0.3, 0.4) is 0 Å². The molecule has 2 fully saturated rings. The number of hydrogen-bond acceptors (Lipinski definition) is 5. The van der Waals surface area contributed by atoms with Gasteiger partial charge in [0.05, 0.1) is 29.4 Å². The number of nitrogens with zero attached hydrogens (tertiary/aromatic N) is 4. The number of aromatic nitrogens is 2. The highest BCUT2D eigenvalue weighted by Crippen LogP contribution is 2.36. The first kappa shape index (κ1) is 26.4. The van der Waals surface area contributed by atoms with Crippen LogP contribution in [0.1, 0.15) is 36.3 Å². The van der Waals surface area contributed by atoms with Crippen molar-refractivity contribution in [1.82, 2.24) is 19.4 Å². The molecule has 2 aliphatic heterocycles. The predicted molar refractivity (Wildman–Crippen MR) is 156 cm³/mol. The zero-order valence-corrected chi connectivity index (χ0v) is 22.7. The molecule has 0 radical (unpaired) electrons. The van der Waals surface area contributed by atoms with Crippen molar-refractivity contribution in [3.63, 3.8) is 0 Å². The molecule has 3 aromatic carbocycles. The van der Waals surface area contributed by atoms with Crippen LogP contribution in [-0.2, 0) is 17.9 Å². The fourth-order valence-corrected chi connectivity index (χ4v) is 6.41. The number of benzene rings is 3. The van der Waals surface area contributed by atoms with Crippen molar-refractivity contribution in [3.8, 4) is 0 Å². The average molecular weight is 537 g/mol. The summed E-state index contributed by atoms with van der Waals surface area (Å²) < 4.78 is 1.51. The SMILES string of the molecule is O=C([C@H]1CCN(Cc2ccccc2)C[C@@H]1c1ccccc1)N1CCC(O)(Cn2cnc3ccccc3c2=O)CC1. The molecule has 40 heavy (non-hydrogen) atoms. The Morgan fingerprint density at radius 2 is 1.57 bits per heavy atom. The van der Waals surface area contributed by atoms with Crippen molar-refractivity contribution in [2.75, 3.05) is 26.2 Å². The number of para-hydroxylation sites is 1. The van der Waals surface area contributed by atoms with Gasteiger partial charge in [-0.1, -0.05) is 72.8 Å². The smallest absolute Gasteiger partial charge is 0.261 e. The standard InChI is InChI=1S/C33H36N4O3/c38-31(27-15-18-35(21-25-9-3-1-4-10-25)22-29(27)26-11-5-2-6-12-26)36-19-16-33(40,17-20-36)23-37-24-34-30-14-8-7-13-28(30)32(37)39/h1-14,24,27,29,40H,15-23H2/t27-,29+/m0/s1. The van der Waals surface area contributed by atoms with E-state index in [0.717, 1.165) is 26.1 Å². The third-order valence-corrected chi connectivity index (χ3v) is 8.69. The Balaban J connectivity index is 1.13. The van der Waals surface area contributed by atoms with Crippen molar-refractivity contribution < 1.29 is 9.90 Å². The van der Waals surface area contributed by atoms with Gasteiger partial charge in [-0.2, -0.15) is 0 Å². The van der Waals surface area contributed by atoms with Crippen LogP contribution in [0.2, 0.25) is 0 Å². The van der Waals surface area contributed by atoms with Gasteiger partial charge in [0.15, 0.2) is 0 Å². The average Bonchev–Trinajstić information content (AvgIpc) is 3.00. The lowest BCUT2D eigenvalue weighted by Crippen LogP contribution is -2.53. The van der Waals surface area contributed by atoms with Crippen LogP contribution < -0.4 is 5.56 Å². The zero-order chi connectivity index (χ0) is 27.5. The van der Waals surface area contributed by atoms with Gasteiger partial charge in [-0.15, -0.1) is 0 Å². The summed E-state index contributed by atoms with van der Waals surface area (Å²) in [5, 5.41) is 12.0. The minimum Gasteiger partial charge on any atom is -0.388 e. The Hall–Kier alpha value is -3.81. The first-order valence-electron chi connectivity index (χ1n) is 14.3. The molecule has 0 aliphatic carbocycles. The Morgan fingerprint density at radius 3 is 2.33 bits per heavy atom. The number of rotatable bonds is 6. The molecule has 0 spiro atoms. The van der Waals surface area contributed by atoms with E-state index in [-0.39, 0.29) is 29.8 Å². The number of likely N-dealkylation sites (tertiary alicyclic amines) is 2. The minimum atomic E-state index is -1.05. The Labute approximate surface area is 234 Å². The summed E-state index contributed by atoms with van der Waals surface area (Å²) in [6.45, 7) is 3.74. The van der Waals surface area contributed by atoms with Crippen molar-refractivity contribution in [3.05, 3.63) is 113 Å². The molecule has 1 N–H and O–H groups in total. The summed E-state index contributed by atoms with van der Waals surface area (Å²) in [7, 11) is 0. The second-order valence-electron chi connectivity index (χ2n) is 11.4. The molecule has 7 nitrogen and oxygen atoms in total. The molecule has 0 saturated carbocycles. The van der Waals surface area contributed by atoms with E-state index in [9.17, 15) is 14.7 Å². The number of carbonyl (C=O) groups excluding carboxylic acids is 1. The molecule has 2 aliphatic rings. The highest BCUT2D eigenvalue weighted by molar-refractivity contribution is 5.80. The molecule has 1 amide bonds. The molecule has 4 aromatic rings. The normalized spacial score (nSPS) is 21.4. The molecule has 1 aromatic heterocycles. The number of carbonyl (C=O) groups is 1. The Morgan fingerprint density at radius 1 is 0.900 bits per heavy atom. The number of amides is 1. The van der Waals surface area contributed by atoms with Crippen LogP contribution in [0.5, 0.6) is 0 Å². The van der Waals surface area contributed by atoms with Gasteiger partial charge in [-0.05, 0) is 49.1 Å². The van der Waals surface area contributed by atoms with Gasteiger partial charge < -0.3 is 10.0 Å². The molecule has 206 valence electrons. The summed E-state index contributed by atoms with van der Waals surface area (Å²) in [5.41, 5.74) is 1.94. The maximum atomic E-state index is 13.9. The third kappa shape index (κ3) is 5.58. The number of fused-ring (bicyclic) bond motifs is 1. The molecule has 6 rings (SSSR count). The largest absolute Gasteiger partial charge is 0.388 e. The highest BCUT2D eigenvalue weighted by Gasteiger charge is 2.40. The van der Waals surface area contributed by atoms with Crippen molar-refractivity contribution in [2.45, 2.75) is 43.9 Å². The van der Waals surface area contributed by atoms with E-state index in [1.807, 2.05) is 35.2 Å². The number of piperidine rings is 2. The van der Waals surface area contributed by atoms with E-state index in [1.54, 1.807) is 6.07 Å². The van der Waals surface area contributed by atoms with Crippen molar-refractivity contribution in [2.24, 2.45) is 5.92 Å². The van der Waals surface area contributed by atoms with Crippen LogP contribution in [-0.4, -0.2) is 62.1 Å². The second-order valence-corrected chi connectivity index (χ2v) is 11.4. The monoisotopic (exact) mass is 536 g/mol. The maximum Gasteiger partial charge on any atom is 0.261 e. The number of hydrogen-bond donors (Lipinski definition) is 1. The van der Waals surface area contributed by atoms with Crippen molar-refractivity contribution >= 4 is 16.8 Å². The van der Waals surface area contributed by atoms with Crippen LogP contribution in [0.4, 0.5) is 0 Å². The van der Waals surface area contributed by atoms with Gasteiger partial charge in [-0.25, -0.2) is 4.98 Å². The van der Waals surface area contributed by atoms with E-state index in [4.69, 9.17) is 0 Å². The van der Waals surface area contributed by atoms with Gasteiger partial charge in [-0.3, -0.25) is 19.1 Å². The molecular weight excluding hydrogens is 500 g/mol. The van der Waals surface area contributed by atoms with Crippen molar-refractivity contribution in [1.29, 1.82) is 0 Å². The van der Waals surface area contributed by atoms with E-state index in [1.165, 1.54) is 22.0 Å². The first-order valence-corrected chi connectivity index (χ1v) is 14.3. The van der Waals surface area contributed by atoms with Crippen LogP contribution in [0.25, 0.3) is 10.9 Å². The van der Waals surface area contributed by atoms with E-state index in [2.05, 4.69) is 58.4 Å². The van der Waals surface area contributed by atoms with E-state index < -0.39 is 5.60 Å². The van der Waals surface area contributed by atoms with E-state index in [0.29, 0.717) is 36.8 Å². The van der Waals surface area contributed by atoms with Crippen LogP contribution in [0, 0.1) is 5.92 Å². The minimum absolute atomic E-state index is 0.0899. The predicted octanol–water partition coefficient (Wildman–Crippen LogP) is 4.06. The van der Waals surface area contributed by atoms with Gasteiger partial charge in [0.25, 0.3) is 5.56 Å². The zero-order valence-electron chi connectivity index (χ0n) is 22.7. The summed E-state index contributed by atoms with van der Waals surface area (Å²) >= 11 is 0. The van der Waals surface area contributed by atoms with Gasteiger partial charge in [0.2, 0.25) is 5.91 Å². The lowest BCUT2D eigenvalue weighted by atomic mass is 9.79. The number of aliphatic hydroxyl groups is 1. The van der Waals surface area contributed by atoms with E-state index >= 15 is 0 Å². The molecule has 3 heterocycles. The highest BCUT2D eigenvalue weighted by atomic mass is 16.3. The fourth-order valence-electron chi connectivity index (χ4n) is 6.41. The summed E-state index contributed by atoms with van der Waals surface area (Å²) in [5.74, 6) is 0.210. The van der Waals surface area contributed by atoms with Crippen LogP contribution in [0.15, 0.2) is 96.1 Å². The molecule has 2 saturated heterocycles. The van der Waals surface area contributed by atoms with Gasteiger partial charge in [0, 0.05) is 38.0 Å². The molecule has 7 heteroatoms. The quantitative estimate of drug-likeness (QED) is 0.402. The molecule has 0 unspecified atom stereocenters. The summed E-state index contributed by atoms with van der Waals surface area (Å²) in [4.78, 5) is 35.7. The lowest BCUT2D eigenvalue weighted by molar-refractivity contribution is -0.142. The maximum absolute atomic E-state index is 13.9. The van der Waals surface area contributed by atoms with Crippen LogP contribution >= 0.6 is 0 Å². The molecule has 2 atom stereocenters. The molecule has 0 bridgehead atoms. The third-order valence-electron chi connectivity index (χ3n) is 8.69. The summed E-state index contributed by atoms with van der Waals surface area (Å²) in [6, 6.07) is 28.2.